The third-order valence-corrected chi connectivity index (χ3v) is 6.21. The third kappa shape index (κ3) is 4.70. The highest BCUT2D eigenvalue weighted by atomic mass is 35.5. The number of carbonyl (C=O) groups is 1. The molecule has 8 heteroatoms. The molecule has 0 bridgehead atoms. The van der Waals surface area contributed by atoms with Gasteiger partial charge in [0.15, 0.2) is 0 Å². The first kappa shape index (κ1) is 21.4. The highest BCUT2D eigenvalue weighted by molar-refractivity contribution is 7.22. The van der Waals surface area contributed by atoms with Crippen LogP contribution in [0.2, 0.25) is 0 Å². The second-order valence-electron chi connectivity index (χ2n) is 5.73. The summed E-state index contributed by atoms with van der Waals surface area (Å²) in [6.07, 6.45) is 2.29. The van der Waals surface area contributed by atoms with E-state index in [1.54, 1.807) is 11.3 Å². The van der Waals surface area contributed by atoms with Gasteiger partial charge in [-0.25, -0.2) is 4.98 Å². The number of amides is 1. The highest BCUT2D eigenvalue weighted by Gasteiger charge is 2.27. The molecule has 3 rings (SSSR count). The molecule has 24 heavy (non-hydrogen) atoms. The van der Waals surface area contributed by atoms with Crippen LogP contribution in [-0.2, 0) is 0 Å². The Morgan fingerprint density at radius 2 is 2.25 bits per heavy atom. The van der Waals surface area contributed by atoms with E-state index in [9.17, 15) is 4.79 Å². The molecule has 2 aromatic heterocycles. The first-order valence-corrected chi connectivity index (χ1v) is 9.34. The Hall–Kier alpha value is -0.660. The lowest BCUT2D eigenvalue weighted by Gasteiger charge is -2.32. The van der Waals surface area contributed by atoms with Gasteiger partial charge in [0.25, 0.3) is 5.91 Å². The van der Waals surface area contributed by atoms with Crippen LogP contribution < -0.4 is 5.32 Å². The molecular formula is C16H23Cl2N3OS2. The number of aromatic nitrogens is 1. The summed E-state index contributed by atoms with van der Waals surface area (Å²) in [6, 6.07) is 4.08. The molecule has 1 N–H and O–H groups in total. The standard InChI is InChI=1S/C16H21N3OS2.2ClH/c1-11-14(22-15(18-11)13-6-4-8-21-13)16(20)19-7-3-5-12(10-19)9-17-2;;/h4,6,8,12,17H,3,5,7,9-10H2,1-2H3;2*1H. The van der Waals surface area contributed by atoms with Gasteiger partial charge in [-0.05, 0) is 50.7 Å². The smallest absolute Gasteiger partial charge is 0.265 e. The zero-order valence-corrected chi connectivity index (χ0v) is 17.0. The van der Waals surface area contributed by atoms with E-state index >= 15 is 0 Å². The zero-order chi connectivity index (χ0) is 15.5. The molecule has 1 aliphatic rings. The summed E-state index contributed by atoms with van der Waals surface area (Å²) in [5.41, 5.74) is 0.856. The van der Waals surface area contributed by atoms with E-state index in [2.05, 4.69) is 16.4 Å². The summed E-state index contributed by atoms with van der Waals surface area (Å²) in [4.78, 5) is 21.4. The summed E-state index contributed by atoms with van der Waals surface area (Å²) in [7, 11) is 1.97. The molecule has 1 aliphatic heterocycles. The lowest BCUT2D eigenvalue weighted by atomic mass is 9.98. The predicted octanol–water partition coefficient (Wildman–Crippen LogP) is 4.10. The minimum Gasteiger partial charge on any atom is -0.338 e. The molecule has 0 aliphatic carbocycles. The van der Waals surface area contributed by atoms with Crippen molar-refractivity contribution >= 4 is 53.4 Å². The maximum Gasteiger partial charge on any atom is 0.265 e. The number of hydrogen-bond acceptors (Lipinski definition) is 5. The van der Waals surface area contributed by atoms with Crippen LogP contribution in [0.1, 0.15) is 28.2 Å². The number of hydrogen-bond donors (Lipinski definition) is 1. The molecule has 3 heterocycles. The molecule has 2 aromatic rings. The van der Waals surface area contributed by atoms with E-state index < -0.39 is 0 Å². The van der Waals surface area contributed by atoms with Crippen LogP contribution in [0.4, 0.5) is 0 Å². The summed E-state index contributed by atoms with van der Waals surface area (Å²) < 4.78 is 0. The average Bonchev–Trinajstić information content (AvgIpc) is 3.16. The summed E-state index contributed by atoms with van der Waals surface area (Å²) in [6.45, 7) is 4.64. The molecule has 134 valence electrons. The van der Waals surface area contributed by atoms with Crippen LogP contribution in [0.25, 0.3) is 9.88 Å². The SMILES string of the molecule is CNCC1CCCN(C(=O)c2sc(-c3cccs3)nc2C)C1.Cl.Cl. The Morgan fingerprint density at radius 3 is 2.92 bits per heavy atom. The van der Waals surface area contributed by atoms with Crippen LogP contribution in [0.15, 0.2) is 17.5 Å². The molecular weight excluding hydrogens is 385 g/mol. The lowest BCUT2D eigenvalue weighted by Crippen LogP contribution is -2.42. The van der Waals surface area contributed by atoms with Crippen LogP contribution in [0, 0.1) is 12.8 Å². The molecule has 0 saturated carbocycles. The largest absolute Gasteiger partial charge is 0.338 e. The Morgan fingerprint density at radius 1 is 1.46 bits per heavy atom. The maximum absolute atomic E-state index is 12.8. The highest BCUT2D eigenvalue weighted by Crippen LogP contribution is 2.32. The third-order valence-electron chi connectivity index (χ3n) is 4.02. The van der Waals surface area contributed by atoms with Crippen molar-refractivity contribution in [3.05, 3.63) is 28.1 Å². The van der Waals surface area contributed by atoms with E-state index in [1.165, 1.54) is 17.8 Å². The molecule has 1 unspecified atom stereocenters. The lowest BCUT2D eigenvalue weighted by molar-refractivity contribution is 0.0678. The Kier molecular flexibility index (Phi) is 8.67. The van der Waals surface area contributed by atoms with Crippen molar-refractivity contribution in [3.8, 4) is 9.88 Å². The summed E-state index contributed by atoms with van der Waals surface area (Å²) in [5.74, 6) is 0.714. The Balaban J connectivity index is 0.00000144. The summed E-state index contributed by atoms with van der Waals surface area (Å²) in [5, 5.41) is 6.22. The Labute approximate surface area is 163 Å². The van der Waals surface area contributed by atoms with Gasteiger partial charge in [-0.15, -0.1) is 47.5 Å². The van der Waals surface area contributed by atoms with Gasteiger partial charge >= 0.3 is 0 Å². The van der Waals surface area contributed by atoms with Gasteiger partial charge in [0.05, 0.1) is 10.6 Å². The van der Waals surface area contributed by atoms with Gasteiger partial charge in [0.1, 0.15) is 9.88 Å². The molecule has 1 atom stereocenters. The molecule has 4 nitrogen and oxygen atoms in total. The molecule has 0 radical (unpaired) electrons. The number of aryl methyl sites for hydroxylation is 1. The quantitative estimate of drug-likeness (QED) is 0.829. The second kappa shape index (κ2) is 9.73. The van der Waals surface area contributed by atoms with Crippen molar-refractivity contribution in [1.82, 2.24) is 15.2 Å². The van der Waals surface area contributed by atoms with Crippen molar-refractivity contribution in [2.45, 2.75) is 19.8 Å². The average molecular weight is 408 g/mol. The normalized spacial score (nSPS) is 17.1. The van der Waals surface area contributed by atoms with Crippen LogP contribution in [0.5, 0.6) is 0 Å². The van der Waals surface area contributed by atoms with Gasteiger partial charge < -0.3 is 10.2 Å². The molecule has 1 fully saturated rings. The van der Waals surface area contributed by atoms with Crippen molar-refractivity contribution in [3.63, 3.8) is 0 Å². The van der Waals surface area contributed by atoms with Crippen molar-refractivity contribution < 1.29 is 4.79 Å². The van der Waals surface area contributed by atoms with Crippen LogP contribution in [0.3, 0.4) is 0 Å². The number of thiazole rings is 1. The number of nitrogens with zero attached hydrogens (tertiary/aromatic N) is 2. The number of thiophene rings is 1. The zero-order valence-electron chi connectivity index (χ0n) is 13.8. The number of rotatable bonds is 4. The fraction of sp³-hybridized carbons (Fsp3) is 0.500. The molecule has 0 spiro atoms. The minimum absolute atomic E-state index is 0. The fourth-order valence-corrected chi connectivity index (χ4v) is 4.78. The van der Waals surface area contributed by atoms with Crippen molar-refractivity contribution in [2.75, 3.05) is 26.7 Å². The van der Waals surface area contributed by atoms with Gasteiger partial charge in [-0.1, -0.05) is 6.07 Å². The van der Waals surface area contributed by atoms with Gasteiger partial charge in [-0.3, -0.25) is 4.79 Å². The minimum atomic E-state index is 0. The Bertz CT molecular complexity index is 644. The molecule has 1 saturated heterocycles. The van der Waals surface area contributed by atoms with Gasteiger partial charge in [0, 0.05) is 13.1 Å². The topological polar surface area (TPSA) is 45.2 Å². The van der Waals surface area contributed by atoms with E-state index in [1.807, 2.05) is 30.3 Å². The second-order valence-corrected chi connectivity index (χ2v) is 7.67. The van der Waals surface area contributed by atoms with E-state index in [-0.39, 0.29) is 30.7 Å². The van der Waals surface area contributed by atoms with Gasteiger partial charge in [-0.2, -0.15) is 0 Å². The van der Waals surface area contributed by atoms with Crippen LogP contribution in [-0.4, -0.2) is 42.5 Å². The van der Waals surface area contributed by atoms with E-state index in [0.717, 1.165) is 46.5 Å². The van der Waals surface area contributed by atoms with Crippen molar-refractivity contribution in [2.24, 2.45) is 5.92 Å². The van der Waals surface area contributed by atoms with E-state index in [4.69, 9.17) is 0 Å². The summed E-state index contributed by atoms with van der Waals surface area (Å²) >= 11 is 3.19. The first-order valence-electron chi connectivity index (χ1n) is 7.64. The number of likely N-dealkylation sites (tertiary alicyclic amines) is 1. The monoisotopic (exact) mass is 407 g/mol. The molecule has 0 aromatic carbocycles. The molecule has 1 amide bonds. The van der Waals surface area contributed by atoms with Crippen LogP contribution >= 0.6 is 47.5 Å². The number of nitrogens with one attached hydrogen (secondary N) is 1. The first-order chi connectivity index (χ1) is 10.7. The van der Waals surface area contributed by atoms with Crippen molar-refractivity contribution in [1.29, 1.82) is 0 Å². The maximum atomic E-state index is 12.8. The number of piperidine rings is 1. The predicted molar refractivity (Wildman–Crippen MR) is 107 cm³/mol. The van der Waals surface area contributed by atoms with E-state index in [0.29, 0.717) is 5.92 Å². The fourth-order valence-electron chi connectivity index (χ4n) is 2.95. The number of halogens is 2. The van der Waals surface area contributed by atoms with Gasteiger partial charge in [0.2, 0.25) is 0 Å². The number of carbonyl (C=O) groups excluding carboxylic acids is 1.